The van der Waals surface area contributed by atoms with Crippen molar-refractivity contribution in [3.63, 3.8) is 0 Å². The van der Waals surface area contributed by atoms with E-state index in [0.29, 0.717) is 43.9 Å². The van der Waals surface area contributed by atoms with Crippen LogP contribution in [0.15, 0.2) is 47.4 Å². The monoisotopic (exact) mass is 470 g/mol. The molecule has 2 heterocycles. The molecule has 0 unspecified atom stereocenters. The fourth-order valence-corrected chi connectivity index (χ4v) is 6.72. The van der Waals surface area contributed by atoms with E-state index in [9.17, 15) is 18.0 Å². The molecular formula is C24H30N4O4S. The predicted molar refractivity (Wildman–Crippen MR) is 125 cm³/mol. The van der Waals surface area contributed by atoms with Crippen molar-refractivity contribution in [2.24, 2.45) is 0 Å². The zero-order chi connectivity index (χ0) is 23.1. The second-order valence-electron chi connectivity index (χ2n) is 9.33. The molecule has 1 N–H and O–H groups in total. The number of hydrogen-bond acceptors (Lipinski definition) is 5. The molecule has 5 rings (SSSR count). The molecule has 2 saturated heterocycles. The lowest BCUT2D eigenvalue weighted by molar-refractivity contribution is -0.133. The second kappa shape index (κ2) is 8.70. The number of amides is 3. The number of piperazine rings is 1. The number of benzene rings is 2. The van der Waals surface area contributed by atoms with Crippen LogP contribution in [-0.2, 0) is 14.8 Å². The van der Waals surface area contributed by atoms with Gasteiger partial charge in [-0.1, -0.05) is 56.0 Å². The quantitative estimate of drug-likeness (QED) is 0.694. The molecule has 0 radical (unpaired) electrons. The molecule has 33 heavy (non-hydrogen) atoms. The Bertz CT molecular complexity index is 1170. The van der Waals surface area contributed by atoms with Crippen LogP contribution in [0, 0.1) is 0 Å². The standard InChI is InChI=1S/C24H30N4O4S/c29-22-24(11-5-1-2-6-12-24)25-23(30)28(22)18-26-13-15-27(16-14-26)33(31,32)21-10-9-19-7-3-4-8-20(19)17-21/h3-4,7-10,17H,1-2,5-6,11-16,18H2,(H,25,30). The Morgan fingerprint density at radius 3 is 2.21 bits per heavy atom. The third-order valence-electron chi connectivity index (χ3n) is 7.23. The number of hydrogen-bond donors (Lipinski definition) is 1. The zero-order valence-corrected chi connectivity index (χ0v) is 19.5. The Morgan fingerprint density at radius 1 is 0.848 bits per heavy atom. The molecule has 2 aromatic carbocycles. The normalized spacial score (nSPS) is 22.6. The summed E-state index contributed by atoms with van der Waals surface area (Å²) < 4.78 is 27.9. The van der Waals surface area contributed by atoms with Crippen molar-refractivity contribution in [2.45, 2.75) is 49.0 Å². The Balaban J connectivity index is 1.23. The van der Waals surface area contributed by atoms with Gasteiger partial charge in [-0.2, -0.15) is 4.31 Å². The lowest BCUT2D eigenvalue weighted by Gasteiger charge is -2.35. The Morgan fingerprint density at radius 2 is 1.52 bits per heavy atom. The number of sulfonamides is 1. The van der Waals surface area contributed by atoms with Gasteiger partial charge < -0.3 is 5.32 Å². The average molecular weight is 471 g/mol. The van der Waals surface area contributed by atoms with Crippen molar-refractivity contribution < 1.29 is 18.0 Å². The van der Waals surface area contributed by atoms with Crippen LogP contribution >= 0.6 is 0 Å². The number of imide groups is 1. The van der Waals surface area contributed by atoms with E-state index in [2.05, 4.69) is 5.32 Å². The minimum Gasteiger partial charge on any atom is -0.323 e. The molecule has 0 bridgehead atoms. The minimum atomic E-state index is -3.61. The van der Waals surface area contributed by atoms with Gasteiger partial charge in [0.1, 0.15) is 5.54 Å². The number of fused-ring (bicyclic) bond motifs is 1. The topological polar surface area (TPSA) is 90.0 Å². The van der Waals surface area contributed by atoms with E-state index in [1.807, 2.05) is 35.2 Å². The molecule has 3 aliphatic rings. The third-order valence-corrected chi connectivity index (χ3v) is 9.13. The smallest absolute Gasteiger partial charge is 0.323 e. The van der Waals surface area contributed by atoms with E-state index in [4.69, 9.17) is 0 Å². The van der Waals surface area contributed by atoms with Crippen molar-refractivity contribution in [3.8, 4) is 0 Å². The minimum absolute atomic E-state index is 0.124. The first-order chi connectivity index (χ1) is 15.9. The van der Waals surface area contributed by atoms with E-state index in [1.165, 1.54) is 9.21 Å². The van der Waals surface area contributed by atoms with Gasteiger partial charge in [0.2, 0.25) is 10.0 Å². The maximum absolute atomic E-state index is 13.2. The van der Waals surface area contributed by atoms with E-state index >= 15 is 0 Å². The van der Waals surface area contributed by atoms with Crippen molar-refractivity contribution >= 4 is 32.7 Å². The molecule has 0 aromatic heterocycles. The molecule has 8 nitrogen and oxygen atoms in total. The summed E-state index contributed by atoms with van der Waals surface area (Å²) in [5.41, 5.74) is -0.741. The SMILES string of the molecule is O=C1NC2(CCCCCC2)C(=O)N1CN1CCN(S(=O)(=O)c2ccc3ccccc3c2)CC1. The first-order valence-corrected chi connectivity index (χ1v) is 13.2. The van der Waals surface area contributed by atoms with Gasteiger partial charge in [0.25, 0.3) is 5.91 Å². The van der Waals surface area contributed by atoms with Crippen molar-refractivity contribution in [3.05, 3.63) is 42.5 Å². The van der Waals surface area contributed by atoms with Crippen molar-refractivity contribution in [1.82, 2.24) is 19.4 Å². The summed E-state index contributed by atoms with van der Waals surface area (Å²) in [5.74, 6) is -0.124. The molecule has 1 aliphatic carbocycles. The fraction of sp³-hybridized carbons (Fsp3) is 0.500. The first-order valence-electron chi connectivity index (χ1n) is 11.7. The van der Waals surface area contributed by atoms with Crippen LogP contribution in [0.25, 0.3) is 10.8 Å². The van der Waals surface area contributed by atoms with Gasteiger partial charge in [-0.15, -0.1) is 0 Å². The molecule has 2 aliphatic heterocycles. The highest BCUT2D eigenvalue weighted by Crippen LogP contribution is 2.33. The van der Waals surface area contributed by atoms with Gasteiger partial charge in [0, 0.05) is 26.2 Å². The van der Waals surface area contributed by atoms with E-state index in [0.717, 1.165) is 36.5 Å². The molecule has 176 valence electrons. The molecule has 1 spiro atoms. The zero-order valence-electron chi connectivity index (χ0n) is 18.7. The van der Waals surface area contributed by atoms with Crippen LogP contribution in [0.5, 0.6) is 0 Å². The van der Waals surface area contributed by atoms with Crippen LogP contribution in [-0.4, -0.2) is 72.8 Å². The van der Waals surface area contributed by atoms with Gasteiger partial charge in [0.05, 0.1) is 11.6 Å². The first kappa shape index (κ1) is 22.3. The largest absolute Gasteiger partial charge is 0.326 e. The van der Waals surface area contributed by atoms with Gasteiger partial charge in [0.15, 0.2) is 0 Å². The molecular weight excluding hydrogens is 440 g/mol. The number of rotatable bonds is 4. The number of carbonyl (C=O) groups excluding carboxylic acids is 2. The highest BCUT2D eigenvalue weighted by atomic mass is 32.2. The Labute approximate surface area is 194 Å². The Kier molecular flexibility index (Phi) is 5.88. The van der Waals surface area contributed by atoms with E-state index in [-0.39, 0.29) is 18.6 Å². The van der Waals surface area contributed by atoms with Gasteiger partial charge in [-0.05, 0) is 35.7 Å². The average Bonchev–Trinajstić information content (AvgIpc) is 2.98. The highest BCUT2D eigenvalue weighted by Gasteiger charge is 2.51. The number of carbonyl (C=O) groups is 2. The summed E-state index contributed by atoms with van der Waals surface area (Å²) in [4.78, 5) is 29.4. The van der Waals surface area contributed by atoms with Gasteiger partial charge in [-0.3, -0.25) is 9.69 Å². The molecule has 1 saturated carbocycles. The molecule has 0 atom stereocenters. The van der Waals surface area contributed by atoms with Crippen LogP contribution in [0.3, 0.4) is 0 Å². The summed E-state index contributed by atoms with van der Waals surface area (Å²) >= 11 is 0. The van der Waals surface area contributed by atoms with Crippen LogP contribution in [0.4, 0.5) is 4.79 Å². The lowest BCUT2D eigenvalue weighted by atomic mass is 9.90. The number of nitrogens with zero attached hydrogens (tertiary/aromatic N) is 3. The Hall–Kier alpha value is -2.49. The van der Waals surface area contributed by atoms with Crippen LogP contribution in [0.1, 0.15) is 38.5 Å². The van der Waals surface area contributed by atoms with Crippen LogP contribution < -0.4 is 5.32 Å². The van der Waals surface area contributed by atoms with E-state index in [1.54, 1.807) is 12.1 Å². The number of nitrogens with one attached hydrogen (secondary N) is 1. The summed E-state index contributed by atoms with van der Waals surface area (Å²) in [6, 6.07) is 12.6. The predicted octanol–water partition coefficient (Wildman–Crippen LogP) is 2.75. The molecule has 3 fully saturated rings. The molecule has 3 amide bonds. The fourth-order valence-electron chi connectivity index (χ4n) is 5.26. The summed E-state index contributed by atoms with van der Waals surface area (Å²) in [7, 11) is -3.61. The van der Waals surface area contributed by atoms with Gasteiger partial charge >= 0.3 is 6.03 Å². The molecule has 2 aromatic rings. The summed E-state index contributed by atoms with van der Waals surface area (Å²) in [6.45, 7) is 1.79. The van der Waals surface area contributed by atoms with Gasteiger partial charge in [-0.25, -0.2) is 18.1 Å². The van der Waals surface area contributed by atoms with E-state index < -0.39 is 15.6 Å². The van der Waals surface area contributed by atoms with Crippen LogP contribution in [0.2, 0.25) is 0 Å². The number of urea groups is 1. The summed E-state index contributed by atoms with van der Waals surface area (Å²) in [5, 5.41) is 4.87. The highest BCUT2D eigenvalue weighted by molar-refractivity contribution is 7.89. The second-order valence-corrected chi connectivity index (χ2v) is 11.3. The lowest BCUT2D eigenvalue weighted by Crippen LogP contribution is -2.53. The maximum Gasteiger partial charge on any atom is 0.326 e. The molecule has 9 heteroatoms. The summed E-state index contributed by atoms with van der Waals surface area (Å²) in [6.07, 6.45) is 5.49. The van der Waals surface area contributed by atoms with Crippen molar-refractivity contribution in [2.75, 3.05) is 32.8 Å². The maximum atomic E-state index is 13.2. The van der Waals surface area contributed by atoms with Crippen molar-refractivity contribution in [1.29, 1.82) is 0 Å². The third kappa shape index (κ3) is 4.13.